The highest BCUT2D eigenvalue weighted by atomic mass is 35.5. The van der Waals surface area contributed by atoms with E-state index in [9.17, 15) is 13.7 Å². The number of benzene rings is 2. The SMILES string of the molecule is N#C/C(=C\c1sc2ccccc2c1Cl)S(=O)(=O)c1ccc(Cl)cc1. The van der Waals surface area contributed by atoms with Gasteiger partial charge in [-0.3, -0.25) is 0 Å². The Hall–Kier alpha value is -1.84. The van der Waals surface area contributed by atoms with Crippen LogP contribution in [0, 0.1) is 11.3 Å². The molecule has 0 unspecified atom stereocenters. The first kappa shape index (κ1) is 17.0. The van der Waals surface area contributed by atoms with Crippen LogP contribution in [0.25, 0.3) is 16.2 Å². The number of rotatable bonds is 3. The molecule has 0 N–H and O–H groups in total. The number of fused-ring (bicyclic) bond motifs is 1. The van der Waals surface area contributed by atoms with Crippen molar-refractivity contribution in [1.82, 2.24) is 0 Å². The zero-order valence-electron chi connectivity index (χ0n) is 12.0. The summed E-state index contributed by atoms with van der Waals surface area (Å²) in [7, 11) is -3.93. The Morgan fingerprint density at radius 2 is 1.75 bits per heavy atom. The summed E-state index contributed by atoms with van der Waals surface area (Å²) in [6, 6.07) is 14.9. The normalized spacial score (nSPS) is 12.3. The molecule has 0 spiro atoms. The zero-order valence-corrected chi connectivity index (χ0v) is 15.2. The van der Waals surface area contributed by atoms with Crippen LogP contribution in [0.15, 0.2) is 58.3 Å². The van der Waals surface area contributed by atoms with E-state index in [0.29, 0.717) is 14.9 Å². The topological polar surface area (TPSA) is 57.9 Å². The van der Waals surface area contributed by atoms with Crippen LogP contribution in [-0.4, -0.2) is 8.42 Å². The number of nitrogens with zero attached hydrogens (tertiary/aromatic N) is 1. The Kier molecular flexibility index (Phi) is 4.66. The third kappa shape index (κ3) is 3.06. The second-order valence-electron chi connectivity index (χ2n) is 4.85. The highest BCUT2D eigenvalue weighted by Crippen LogP contribution is 2.37. The Balaban J connectivity index is 2.13. The maximum Gasteiger partial charge on any atom is 0.216 e. The quantitative estimate of drug-likeness (QED) is 0.548. The number of allylic oxidation sites excluding steroid dienone is 1. The third-order valence-corrected chi connectivity index (χ3v) is 6.92. The summed E-state index contributed by atoms with van der Waals surface area (Å²) in [5, 5.41) is 11.0. The molecular weight excluding hydrogens is 385 g/mol. The van der Waals surface area contributed by atoms with Crippen molar-refractivity contribution in [3.8, 4) is 6.07 Å². The Bertz CT molecular complexity index is 1090. The molecule has 0 amide bonds. The van der Waals surface area contributed by atoms with Crippen molar-refractivity contribution in [2.24, 2.45) is 0 Å². The molecule has 120 valence electrons. The predicted molar refractivity (Wildman–Crippen MR) is 99.1 cm³/mol. The largest absolute Gasteiger partial charge is 0.218 e. The average molecular weight is 394 g/mol. The molecule has 0 bridgehead atoms. The lowest BCUT2D eigenvalue weighted by Crippen LogP contribution is -2.03. The first-order valence-electron chi connectivity index (χ1n) is 6.73. The zero-order chi connectivity index (χ0) is 17.3. The molecule has 7 heteroatoms. The highest BCUT2D eigenvalue weighted by molar-refractivity contribution is 7.95. The first-order chi connectivity index (χ1) is 11.4. The lowest BCUT2D eigenvalue weighted by molar-refractivity contribution is 0.603. The van der Waals surface area contributed by atoms with Gasteiger partial charge in [0.2, 0.25) is 9.84 Å². The van der Waals surface area contributed by atoms with E-state index in [1.807, 2.05) is 24.3 Å². The van der Waals surface area contributed by atoms with Gasteiger partial charge in [-0.25, -0.2) is 8.42 Å². The van der Waals surface area contributed by atoms with Crippen LogP contribution < -0.4 is 0 Å². The summed E-state index contributed by atoms with van der Waals surface area (Å²) in [4.78, 5) is 0.183. The van der Waals surface area contributed by atoms with Crippen LogP contribution in [-0.2, 0) is 9.84 Å². The average Bonchev–Trinajstić information content (AvgIpc) is 2.89. The molecule has 0 aliphatic heterocycles. The van der Waals surface area contributed by atoms with E-state index in [1.165, 1.54) is 41.7 Å². The van der Waals surface area contributed by atoms with E-state index in [2.05, 4.69) is 0 Å². The molecule has 0 aliphatic rings. The van der Waals surface area contributed by atoms with Gasteiger partial charge in [0.25, 0.3) is 0 Å². The Morgan fingerprint density at radius 1 is 1.08 bits per heavy atom. The van der Waals surface area contributed by atoms with Gasteiger partial charge >= 0.3 is 0 Å². The monoisotopic (exact) mass is 393 g/mol. The van der Waals surface area contributed by atoms with Crippen LogP contribution in [0.2, 0.25) is 10.0 Å². The number of nitriles is 1. The van der Waals surface area contributed by atoms with Crippen LogP contribution >= 0.6 is 34.5 Å². The fourth-order valence-electron chi connectivity index (χ4n) is 2.16. The molecule has 0 aliphatic carbocycles. The second kappa shape index (κ2) is 6.58. The second-order valence-corrected chi connectivity index (χ2v) is 8.67. The van der Waals surface area contributed by atoms with Gasteiger partial charge in [-0.15, -0.1) is 11.3 Å². The Labute approximate surface area is 153 Å². The third-order valence-electron chi connectivity index (χ3n) is 3.35. The molecule has 3 nitrogen and oxygen atoms in total. The summed E-state index contributed by atoms with van der Waals surface area (Å²) in [5.74, 6) is 0. The van der Waals surface area contributed by atoms with Gasteiger partial charge in [-0.1, -0.05) is 41.4 Å². The molecule has 24 heavy (non-hydrogen) atoms. The number of sulfone groups is 1. The Morgan fingerprint density at radius 3 is 2.38 bits per heavy atom. The van der Waals surface area contributed by atoms with E-state index in [-0.39, 0.29) is 9.80 Å². The van der Waals surface area contributed by atoms with Crippen molar-refractivity contribution in [2.45, 2.75) is 4.90 Å². The van der Waals surface area contributed by atoms with E-state index in [1.54, 1.807) is 6.07 Å². The van der Waals surface area contributed by atoms with E-state index in [0.717, 1.165) is 10.1 Å². The summed E-state index contributed by atoms with van der Waals surface area (Å²) in [6.45, 7) is 0. The van der Waals surface area contributed by atoms with Crippen molar-refractivity contribution in [2.75, 3.05) is 0 Å². The molecular formula is C17H9Cl2NO2S2. The molecule has 0 atom stereocenters. The van der Waals surface area contributed by atoms with Crippen molar-refractivity contribution in [3.05, 3.63) is 68.4 Å². The molecule has 2 aromatic carbocycles. The smallest absolute Gasteiger partial charge is 0.216 e. The standard InChI is InChI=1S/C17H9Cl2NO2S2/c18-11-5-7-12(8-6-11)24(21,22)13(10-20)9-16-17(19)14-3-1-2-4-15(14)23-16/h1-9H/b13-9+. The summed E-state index contributed by atoms with van der Waals surface area (Å²) < 4.78 is 26.2. The van der Waals surface area contributed by atoms with Crippen LogP contribution in [0.3, 0.4) is 0 Å². The van der Waals surface area contributed by atoms with Gasteiger partial charge in [0, 0.05) is 20.0 Å². The summed E-state index contributed by atoms with van der Waals surface area (Å²) in [6.07, 6.45) is 1.32. The van der Waals surface area contributed by atoms with Crippen LogP contribution in [0.4, 0.5) is 0 Å². The minimum atomic E-state index is -3.93. The minimum absolute atomic E-state index is 0.0110. The van der Waals surface area contributed by atoms with Gasteiger partial charge in [-0.05, 0) is 36.4 Å². The lowest BCUT2D eigenvalue weighted by atomic mass is 10.2. The summed E-state index contributed by atoms with van der Waals surface area (Å²) in [5.41, 5.74) is 0. The van der Waals surface area contributed by atoms with Gasteiger partial charge in [0.15, 0.2) is 4.91 Å². The molecule has 1 aromatic heterocycles. The molecule has 0 saturated carbocycles. The number of thiophene rings is 1. The maximum absolute atomic E-state index is 12.6. The summed E-state index contributed by atoms with van der Waals surface area (Å²) >= 11 is 13.4. The molecule has 0 saturated heterocycles. The molecule has 0 radical (unpaired) electrons. The highest BCUT2D eigenvalue weighted by Gasteiger charge is 2.22. The van der Waals surface area contributed by atoms with Gasteiger partial charge in [0.1, 0.15) is 6.07 Å². The van der Waals surface area contributed by atoms with E-state index < -0.39 is 9.84 Å². The molecule has 3 aromatic rings. The predicted octanol–water partition coefficient (Wildman–Crippen LogP) is 5.55. The van der Waals surface area contributed by atoms with Crippen LogP contribution in [0.5, 0.6) is 0 Å². The van der Waals surface area contributed by atoms with E-state index >= 15 is 0 Å². The van der Waals surface area contributed by atoms with Gasteiger partial charge in [-0.2, -0.15) is 5.26 Å². The van der Waals surface area contributed by atoms with Gasteiger partial charge < -0.3 is 0 Å². The van der Waals surface area contributed by atoms with Crippen molar-refractivity contribution in [3.63, 3.8) is 0 Å². The van der Waals surface area contributed by atoms with Crippen molar-refractivity contribution >= 4 is 60.5 Å². The van der Waals surface area contributed by atoms with E-state index in [4.69, 9.17) is 23.2 Å². The maximum atomic E-state index is 12.6. The molecule has 3 rings (SSSR count). The van der Waals surface area contributed by atoms with Crippen LogP contribution in [0.1, 0.15) is 4.88 Å². The molecule has 0 fully saturated rings. The lowest BCUT2D eigenvalue weighted by Gasteiger charge is -2.03. The van der Waals surface area contributed by atoms with Crippen molar-refractivity contribution < 1.29 is 8.42 Å². The fourth-order valence-corrected chi connectivity index (χ4v) is 4.93. The van der Waals surface area contributed by atoms with Gasteiger partial charge in [0.05, 0.1) is 9.92 Å². The van der Waals surface area contributed by atoms with Crippen molar-refractivity contribution in [1.29, 1.82) is 5.26 Å². The number of hydrogen-bond acceptors (Lipinski definition) is 4. The molecule has 1 heterocycles. The number of hydrogen-bond donors (Lipinski definition) is 0. The fraction of sp³-hybridized carbons (Fsp3) is 0. The first-order valence-corrected chi connectivity index (χ1v) is 9.78. The number of halogens is 2. The minimum Gasteiger partial charge on any atom is -0.218 e.